The zero-order chi connectivity index (χ0) is 66.0. The van der Waals surface area contributed by atoms with Crippen LogP contribution >= 0.6 is 0 Å². The maximum absolute atomic E-state index is 2.57. The third-order valence-corrected chi connectivity index (χ3v) is 21.3. The highest BCUT2D eigenvalue weighted by atomic mass is 15.1. The molecule has 0 radical (unpaired) electrons. The van der Waals surface area contributed by atoms with Crippen molar-refractivity contribution in [3.05, 3.63) is 355 Å². The van der Waals surface area contributed by atoms with Gasteiger partial charge in [0, 0.05) is 50.0 Å². The molecule has 0 bridgehead atoms. The van der Waals surface area contributed by atoms with Gasteiger partial charge in [0.25, 0.3) is 0 Å². The Kier molecular flexibility index (Phi) is 13.7. The Morgan fingerprint density at radius 1 is 0.286 bits per heavy atom. The number of hydrogen-bond acceptors (Lipinski definition) is 1. The minimum Gasteiger partial charge on any atom is -0.310 e. The largest absolute Gasteiger partial charge is 0.310 e. The molecule has 16 aromatic rings. The Bertz CT molecular complexity index is 5780. The van der Waals surface area contributed by atoms with Crippen LogP contribution in [0.5, 0.6) is 0 Å². The number of fused-ring (bicyclic) bond motifs is 16. The minimum absolute atomic E-state index is 0.0740. The Balaban J connectivity index is 0.721. The van der Waals surface area contributed by atoms with Crippen LogP contribution in [0.3, 0.4) is 0 Å². The monoisotopic (exact) mass is 1260 g/mol. The molecule has 2 aliphatic carbocycles. The molecule has 1 spiro atoms. The lowest BCUT2D eigenvalue weighted by molar-refractivity contribution is 0.229. The number of nitrogens with zero attached hydrogens (tertiary/aromatic N) is 3. The second-order valence-electron chi connectivity index (χ2n) is 29.5. The van der Waals surface area contributed by atoms with Crippen LogP contribution in [-0.4, -0.2) is 9.13 Å². The van der Waals surface area contributed by atoms with Gasteiger partial charge in [-0.15, -0.1) is 0 Å². The summed E-state index contributed by atoms with van der Waals surface area (Å²) in [7, 11) is 0. The highest BCUT2D eigenvalue weighted by Crippen LogP contribution is 2.64. The van der Waals surface area contributed by atoms with Crippen LogP contribution in [0, 0.1) is 10.8 Å². The zero-order valence-corrected chi connectivity index (χ0v) is 56.3. The van der Waals surface area contributed by atoms with Crippen molar-refractivity contribution in [3.8, 4) is 78.1 Å². The van der Waals surface area contributed by atoms with E-state index < -0.39 is 5.41 Å². The summed E-state index contributed by atoms with van der Waals surface area (Å²) in [6.07, 6.45) is 1.10. The van der Waals surface area contributed by atoms with Gasteiger partial charge in [-0.1, -0.05) is 272 Å². The highest BCUT2D eigenvalue weighted by Gasteiger charge is 2.52. The lowest BCUT2D eigenvalue weighted by Gasteiger charge is -2.37. The van der Waals surface area contributed by atoms with Crippen molar-refractivity contribution in [2.75, 3.05) is 4.90 Å². The molecule has 0 saturated heterocycles. The van der Waals surface area contributed by atoms with Crippen molar-refractivity contribution in [1.82, 2.24) is 9.13 Å². The maximum atomic E-state index is 2.57. The standard InChI is InChI=1S/C95H75N3/c1-93(2,3)61-88(94(4,5)6)75-31-14-13-30-74(75)68-45-53-79-77-33-16-20-37-85(77)95(87(79)59-68)84-36-19-15-32-76(84)78-52-44-67(58-86(78)95)65-26-23-29-72(56-65)98-90-39-22-18-35-81(90)83-57-66(46-55-91(83)98)64-42-49-71(50-43-64)96(70-47-40-63(41-48-70)62-24-9-7-10-25-62)73-51-54-82-80-34-17-21-38-89(80)97(92(82)60-73)69-27-11-8-12-28-69/h7-60,88H,61H2,1-6H3. The second-order valence-corrected chi connectivity index (χ2v) is 29.5. The van der Waals surface area contributed by atoms with E-state index in [4.69, 9.17) is 0 Å². The quantitative estimate of drug-likeness (QED) is 0.126. The predicted octanol–water partition coefficient (Wildman–Crippen LogP) is 25.9. The van der Waals surface area contributed by atoms with Gasteiger partial charge in [0.05, 0.1) is 27.5 Å². The van der Waals surface area contributed by atoms with Gasteiger partial charge in [-0.3, -0.25) is 0 Å². The fraction of sp³-hybridized carbons (Fsp3) is 0.116. The van der Waals surface area contributed by atoms with E-state index in [9.17, 15) is 0 Å². The maximum Gasteiger partial charge on any atom is 0.0725 e. The average Bonchev–Trinajstić information content (AvgIpc) is 1.51. The van der Waals surface area contributed by atoms with Gasteiger partial charge < -0.3 is 14.0 Å². The lowest BCUT2D eigenvalue weighted by atomic mass is 9.67. The number of hydrogen-bond donors (Lipinski definition) is 0. The van der Waals surface area contributed by atoms with E-state index in [1.165, 1.54) is 127 Å². The number of rotatable bonds is 11. The third-order valence-electron chi connectivity index (χ3n) is 21.3. The summed E-state index contributed by atoms with van der Waals surface area (Å²) in [5.41, 5.74) is 31.7. The minimum atomic E-state index is -0.522. The van der Waals surface area contributed by atoms with Crippen LogP contribution in [0.25, 0.3) is 122 Å². The van der Waals surface area contributed by atoms with E-state index in [0.717, 1.165) is 45.9 Å². The summed E-state index contributed by atoms with van der Waals surface area (Å²) >= 11 is 0. The molecule has 2 unspecified atom stereocenters. The van der Waals surface area contributed by atoms with Gasteiger partial charge >= 0.3 is 0 Å². The van der Waals surface area contributed by atoms with Crippen LogP contribution in [0.2, 0.25) is 0 Å². The van der Waals surface area contributed by atoms with E-state index >= 15 is 0 Å². The predicted molar refractivity (Wildman–Crippen MR) is 414 cm³/mol. The molecule has 2 aliphatic rings. The Labute approximate surface area is 574 Å². The van der Waals surface area contributed by atoms with Gasteiger partial charge in [-0.05, 0) is 215 Å². The van der Waals surface area contributed by atoms with Crippen molar-refractivity contribution >= 4 is 60.7 Å². The van der Waals surface area contributed by atoms with Crippen LogP contribution in [0.1, 0.15) is 81.7 Å². The average molecular weight is 1260 g/mol. The molecule has 2 heterocycles. The first kappa shape index (κ1) is 59.0. The van der Waals surface area contributed by atoms with Gasteiger partial charge in [-0.2, -0.15) is 0 Å². The Hall–Kier alpha value is -11.5. The number of anilines is 3. The molecule has 14 aromatic carbocycles. The number of aromatic nitrogens is 2. The van der Waals surface area contributed by atoms with Crippen molar-refractivity contribution in [1.29, 1.82) is 0 Å². The fourth-order valence-electron chi connectivity index (χ4n) is 16.9. The summed E-state index contributed by atoms with van der Waals surface area (Å²) in [6.45, 7) is 14.4. The van der Waals surface area contributed by atoms with Gasteiger partial charge in [-0.25, -0.2) is 0 Å². The van der Waals surface area contributed by atoms with E-state index in [1.807, 2.05) is 0 Å². The molecule has 18 rings (SSSR count). The zero-order valence-electron chi connectivity index (χ0n) is 56.3. The number of para-hydroxylation sites is 3. The molecule has 0 saturated carbocycles. The smallest absolute Gasteiger partial charge is 0.0725 e. The topological polar surface area (TPSA) is 13.1 Å². The van der Waals surface area contributed by atoms with E-state index in [2.05, 4.69) is 383 Å². The third kappa shape index (κ3) is 9.54. The first-order valence-electron chi connectivity index (χ1n) is 34.7. The fourth-order valence-corrected chi connectivity index (χ4v) is 16.9. The molecule has 0 amide bonds. The Morgan fingerprint density at radius 3 is 1.36 bits per heavy atom. The molecule has 0 N–H and O–H groups in total. The molecule has 3 nitrogen and oxygen atoms in total. The van der Waals surface area contributed by atoms with Gasteiger partial charge in [0.15, 0.2) is 0 Å². The molecule has 0 aliphatic heterocycles. The van der Waals surface area contributed by atoms with Crippen molar-refractivity contribution in [3.63, 3.8) is 0 Å². The normalized spacial score (nSPS) is 14.3. The van der Waals surface area contributed by atoms with Crippen molar-refractivity contribution in [2.24, 2.45) is 10.8 Å². The first-order valence-corrected chi connectivity index (χ1v) is 34.7. The molecule has 3 heteroatoms. The van der Waals surface area contributed by atoms with Gasteiger partial charge in [0.2, 0.25) is 0 Å². The van der Waals surface area contributed by atoms with Crippen LogP contribution in [0.15, 0.2) is 328 Å². The lowest BCUT2D eigenvalue weighted by Crippen LogP contribution is -2.26. The van der Waals surface area contributed by atoms with E-state index in [1.54, 1.807) is 0 Å². The first-order chi connectivity index (χ1) is 47.9. The van der Waals surface area contributed by atoms with Crippen LogP contribution < -0.4 is 4.90 Å². The van der Waals surface area contributed by atoms with E-state index in [0.29, 0.717) is 5.92 Å². The van der Waals surface area contributed by atoms with Gasteiger partial charge in [0.1, 0.15) is 0 Å². The molecule has 470 valence electrons. The van der Waals surface area contributed by atoms with Crippen molar-refractivity contribution < 1.29 is 0 Å². The molecule has 2 atom stereocenters. The summed E-state index contributed by atoms with van der Waals surface area (Å²) in [4.78, 5) is 2.40. The molecule has 0 fully saturated rings. The summed E-state index contributed by atoms with van der Waals surface area (Å²) < 4.78 is 4.87. The second kappa shape index (κ2) is 22.8. The highest BCUT2D eigenvalue weighted by molar-refractivity contribution is 6.12. The van der Waals surface area contributed by atoms with E-state index in [-0.39, 0.29) is 10.8 Å². The SMILES string of the molecule is CC(C)(C)CC(c1ccccc1-c1ccc2c(c1)C1(c3ccccc3-c3ccc(-c4cccc(-n5c6ccccc6c6cc(-c7ccc(N(c8ccc(-c9ccccc9)cc8)c8ccc9c%10ccccc%10n(-c%10ccccc%10)c9c8)cc7)ccc65)c4)cc31)c1ccccc1-2)C(C)(C)C. The summed E-state index contributed by atoms with van der Waals surface area (Å²) in [6, 6.07) is 123. The van der Waals surface area contributed by atoms with Crippen LogP contribution in [0.4, 0.5) is 17.1 Å². The summed E-state index contributed by atoms with van der Waals surface area (Å²) in [5.74, 6) is 0.373. The summed E-state index contributed by atoms with van der Waals surface area (Å²) in [5, 5.41) is 4.90. The molecular formula is C95H75N3. The molecule has 98 heavy (non-hydrogen) atoms. The Morgan fingerprint density at radius 2 is 0.714 bits per heavy atom. The van der Waals surface area contributed by atoms with Crippen molar-refractivity contribution in [2.45, 2.75) is 59.3 Å². The van der Waals surface area contributed by atoms with Crippen LogP contribution in [-0.2, 0) is 5.41 Å². The number of benzene rings is 14. The molecule has 2 aromatic heterocycles. The molecular weight excluding hydrogens is 1180 g/mol.